The Morgan fingerprint density at radius 3 is 2.50 bits per heavy atom. The van der Waals surface area contributed by atoms with E-state index in [0.29, 0.717) is 29.7 Å². The molecule has 1 fully saturated rings. The molecule has 34 heavy (non-hydrogen) atoms. The van der Waals surface area contributed by atoms with E-state index in [1.54, 1.807) is 0 Å². The number of carbonyl (C=O) groups excluding carboxylic acids is 1. The predicted molar refractivity (Wildman–Crippen MR) is 140 cm³/mol. The summed E-state index contributed by atoms with van der Waals surface area (Å²) in [6, 6.07) is 15.3. The molecule has 0 bridgehead atoms. The van der Waals surface area contributed by atoms with E-state index in [9.17, 15) is 4.79 Å². The monoisotopic (exact) mass is 461 g/mol. The number of hydrogen-bond donors (Lipinski definition) is 1. The van der Waals surface area contributed by atoms with Crippen LogP contribution in [0.4, 0.5) is 11.6 Å². The molecule has 3 aromatic rings. The van der Waals surface area contributed by atoms with Crippen LogP contribution >= 0.6 is 0 Å². The molecule has 0 amide bonds. The van der Waals surface area contributed by atoms with E-state index < -0.39 is 0 Å². The molecular weight excluding hydrogens is 422 g/mol. The van der Waals surface area contributed by atoms with Crippen LogP contribution in [0.5, 0.6) is 0 Å². The number of nitrogens with one attached hydrogen (secondary N) is 1. The topological polar surface area (TPSA) is 56.1 Å². The maximum absolute atomic E-state index is 11.8. The first kappa shape index (κ1) is 24.3. The van der Waals surface area contributed by atoms with Crippen molar-refractivity contribution in [3.63, 3.8) is 0 Å². The number of imidazole rings is 1. The van der Waals surface area contributed by atoms with Crippen molar-refractivity contribution in [2.24, 2.45) is 17.8 Å². The second-order valence-corrected chi connectivity index (χ2v) is 10.7. The van der Waals surface area contributed by atoms with Gasteiger partial charge in [-0.2, -0.15) is 0 Å². The third-order valence-corrected chi connectivity index (χ3v) is 7.48. The number of benzene rings is 2. The molecule has 0 aliphatic heterocycles. The van der Waals surface area contributed by atoms with Gasteiger partial charge in [0.1, 0.15) is 0 Å². The van der Waals surface area contributed by atoms with Gasteiger partial charge in [-0.3, -0.25) is 4.79 Å². The minimum absolute atomic E-state index is 0.233. The molecule has 1 N–H and O–H groups in total. The molecule has 182 valence electrons. The molecule has 1 aliphatic rings. The maximum Gasteiger partial charge on any atom is 0.309 e. The zero-order valence-electron chi connectivity index (χ0n) is 21.5. The lowest BCUT2D eigenvalue weighted by atomic mass is 9.74. The summed E-state index contributed by atoms with van der Waals surface area (Å²) >= 11 is 0. The van der Waals surface area contributed by atoms with Crippen molar-refractivity contribution in [1.82, 2.24) is 9.55 Å². The van der Waals surface area contributed by atoms with Crippen molar-refractivity contribution in [2.75, 3.05) is 12.4 Å². The van der Waals surface area contributed by atoms with Crippen LogP contribution in [0.2, 0.25) is 0 Å². The fraction of sp³-hybridized carbons (Fsp3) is 0.517. The van der Waals surface area contributed by atoms with Gasteiger partial charge in [-0.1, -0.05) is 59.2 Å². The Balaban J connectivity index is 1.78. The lowest BCUT2D eigenvalue weighted by Gasteiger charge is -2.39. The molecule has 0 radical (unpaired) electrons. The number of fused-ring (bicyclic) bond motifs is 1. The lowest BCUT2D eigenvalue weighted by Crippen LogP contribution is -2.30. The predicted octanol–water partition coefficient (Wildman–Crippen LogP) is 7.25. The maximum atomic E-state index is 11.8. The molecule has 0 spiro atoms. The Kier molecular flexibility index (Phi) is 7.30. The number of methoxy groups -OCH3 is 1. The number of esters is 1. The lowest BCUT2D eigenvalue weighted by molar-refractivity contribution is -0.139. The van der Waals surface area contributed by atoms with Crippen LogP contribution in [0.25, 0.3) is 11.0 Å². The Morgan fingerprint density at radius 2 is 1.85 bits per heavy atom. The highest BCUT2D eigenvalue weighted by Gasteiger charge is 2.34. The van der Waals surface area contributed by atoms with Crippen molar-refractivity contribution in [3.8, 4) is 0 Å². The van der Waals surface area contributed by atoms with Gasteiger partial charge in [0.05, 0.1) is 24.6 Å². The highest BCUT2D eigenvalue weighted by molar-refractivity contribution is 5.82. The molecular formula is C29H39N3O2. The molecule has 1 aliphatic carbocycles. The van der Waals surface area contributed by atoms with Gasteiger partial charge >= 0.3 is 5.97 Å². The third kappa shape index (κ3) is 5.13. The molecule has 4 rings (SSSR count). The van der Waals surface area contributed by atoms with E-state index in [4.69, 9.17) is 9.72 Å². The van der Waals surface area contributed by atoms with Crippen LogP contribution in [-0.4, -0.2) is 22.6 Å². The van der Waals surface area contributed by atoms with Gasteiger partial charge in [0.25, 0.3) is 0 Å². The number of hydrogen-bond acceptors (Lipinski definition) is 4. The molecule has 1 unspecified atom stereocenters. The number of nitrogens with zero attached hydrogens (tertiary/aromatic N) is 2. The minimum atomic E-state index is -0.233. The van der Waals surface area contributed by atoms with Crippen LogP contribution < -0.4 is 5.32 Å². The highest BCUT2D eigenvalue weighted by Crippen LogP contribution is 2.44. The summed E-state index contributed by atoms with van der Waals surface area (Å²) in [5, 5.41) is 3.63. The van der Waals surface area contributed by atoms with E-state index in [1.807, 2.05) is 12.1 Å². The van der Waals surface area contributed by atoms with E-state index in [-0.39, 0.29) is 12.4 Å². The van der Waals surface area contributed by atoms with Gasteiger partial charge in [0.15, 0.2) is 0 Å². The van der Waals surface area contributed by atoms with Gasteiger partial charge in [0.2, 0.25) is 5.95 Å². The summed E-state index contributed by atoms with van der Waals surface area (Å²) in [6.45, 7) is 11.5. The number of anilines is 2. The van der Waals surface area contributed by atoms with Crippen LogP contribution in [0.15, 0.2) is 42.5 Å². The van der Waals surface area contributed by atoms with Crippen molar-refractivity contribution in [2.45, 2.75) is 72.3 Å². The Morgan fingerprint density at radius 1 is 1.12 bits per heavy atom. The van der Waals surface area contributed by atoms with E-state index in [1.165, 1.54) is 25.5 Å². The van der Waals surface area contributed by atoms with Crippen molar-refractivity contribution < 1.29 is 9.53 Å². The Bertz CT molecular complexity index is 1130. The molecule has 0 saturated heterocycles. The van der Waals surface area contributed by atoms with Gasteiger partial charge in [-0.25, -0.2) is 4.98 Å². The quantitative estimate of drug-likeness (QED) is 0.376. The summed E-state index contributed by atoms with van der Waals surface area (Å²) in [4.78, 5) is 16.9. The number of rotatable bonds is 7. The third-order valence-electron chi connectivity index (χ3n) is 7.48. The first-order chi connectivity index (χ1) is 16.3. The molecule has 5 nitrogen and oxygen atoms in total. The van der Waals surface area contributed by atoms with E-state index in [0.717, 1.165) is 34.7 Å². The zero-order valence-corrected chi connectivity index (χ0v) is 21.5. The van der Waals surface area contributed by atoms with Gasteiger partial charge < -0.3 is 14.6 Å². The fourth-order valence-electron chi connectivity index (χ4n) is 5.45. The molecule has 2 aromatic carbocycles. The molecule has 3 atom stereocenters. The summed E-state index contributed by atoms with van der Waals surface area (Å²) < 4.78 is 7.31. The number of ether oxygens (including phenoxy) is 1. The van der Waals surface area contributed by atoms with Crippen LogP contribution in [0.1, 0.15) is 77.0 Å². The second-order valence-electron chi connectivity index (χ2n) is 10.7. The summed E-state index contributed by atoms with van der Waals surface area (Å²) in [6.07, 6.45) is 3.94. The normalized spacial score (nSPS) is 20.8. The van der Waals surface area contributed by atoms with E-state index >= 15 is 0 Å². The van der Waals surface area contributed by atoms with Crippen molar-refractivity contribution >= 4 is 28.6 Å². The number of carbonyl (C=O) groups is 1. The van der Waals surface area contributed by atoms with Gasteiger partial charge in [0, 0.05) is 11.7 Å². The molecule has 5 heteroatoms. The molecule has 1 aromatic heterocycles. The van der Waals surface area contributed by atoms with Crippen LogP contribution in [-0.2, 0) is 16.0 Å². The molecule has 1 heterocycles. The summed E-state index contributed by atoms with van der Waals surface area (Å²) in [5.74, 6) is 3.05. The first-order valence-electron chi connectivity index (χ1n) is 12.7. The smallest absolute Gasteiger partial charge is 0.309 e. The zero-order chi connectivity index (χ0) is 24.4. The van der Waals surface area contributed by atoms with Crippen molar-refractivity contribution in [3.05, 3.63) is 53.6 Å². The van der Waals surface area contributed by atoms with Crippen LogP contribution in [0, 0.1) is 17.8 Å². The minimum Gasteiger partial charge on any atom is -0.469 e. The average Bonchev–Trinajstić information content (AvgIpc) is 3.15. The second kappa shape index (κ2) is 10.2. The average molecular weight is 462 g/mol. The Labute approximate surface area is 203 Å². The molecule has 1 saturated carbocycles. The summed E-state index contributed by atoms with van der Waals surface area (Å²) in [7, 11) is 1.43. The standard InChI is InChI=1S/C29H39N3O2/c1-18(2)22-9-11-23(12-10-22)30-29-31-25-16-21(17-28(33)34-6)8-14-26(25)32(29)27-15-20(5)7-13-24(27)19(3)4/h8-12,14,16,18-20,24,27H,7,13,15,17H2,1-6H3,(H,30,31)/t20-,24?,27-/m1/s1. The van der Waals surface area contributed by atoms with Crippen molar-refractivity contribution in [1.29, 1.82) is 0 Å². The Hall–Kier alpha value is -2.82. The largest absolute Gasteiger partial charge is 0.469 e. The highest BCUT2D eigenvalue weighted by atomic mass is 16.5. The van der Waals surface area contributed by atoms with Gasteiger partial charge in [-0.15, -0.1) is 0 Å². The van der Waals surface area contributed by atoms with E-state index in [2.05, 4.69) is 74.8 Å². The fourth-order valence-corrected chi connectivity index (χ4v) is 5.45. The van der Waals surface area contributed by atoms with Crippen LogP contribution in [0.3, 0.4) is 0 Å². The van der Waals surface area contributed by atoms with Gasteiger partial charge in [-0.05, 0) is 71.9 Å². The number of aromatic nitrogens is 2. The SMILES string of the molecule is COC(=O)Cc1ccc2c(c1)nc(Nc1ccc(C(C)C)cc1)n2[C@@H]1C[C@H](C)CCC1C(C)C. The first-order valence-corrected chi connectivity index (χ1v) is 12.7. The summed E-state index contributed by atoms with van der Waals surface area (Å²) in [5.41, 5.74) is 5.34.